The standard InChI is InChI=1S/C10H12BrNO2/c1-6-2-3-7(11)9(10(6)14)8(13)4-5-12/h2-3,14H,4-5,12H2,1H3. The van der Waals surface area contributed by atoms with E-state index in [0.29, 0.717) is 22.1 Å². The summed E-state index contributed by atoms with van der Waals surface area (Å²) in [7, 11) is 0. The van der Waals surface area contributed by atoms with Crippen LogP contribution in [0.1, 0.15) is 22.3 Å². The molecule has 0 saturated heterocycles. The van der Waals surface area contributed by atoms with E-state index in [0.717, 1.165) is 0 Å². The summed E-state index contributed by atoms with van der Waals surface area (Å²) in [6.45, 7) is 2.04. The molecular weight excluding hydrogens is 246 g/mol. The topological polar surface area (TPSA) is 63.3 Å². The molecule has 1 aromatic carbocycles. The average Bonchev–Trinajstić information content (AvgIpc) is 2.13. The Labute approximate surface area is 91.1 Å². The number of hydrogen-bond donors (Lipinski definition) is 2. The van der Waals surface area contributed by atoms with Gasteiger partial charge in [0.1, 0.15) is 5.75 Å². The molecule has 0 aliphatic rings. The minimum atomic E-state index is -0.138. The number of phenolic OH excluding ortho intramolecular Hbond substituents is 1. The van der Waals surface area contributed by atoms with Crippen molar-refractivity contribution in [3.8, 4) is 5.75 Å². The zero-order valence-corrected chi connectivity index (χ0v) is 9.47. The molecule has 0 spiro atoms. The molecule has 0 bridgehead atoms. The van der Waals surface area contributed by atoms with E-state index in [-0.39, 0.29) is 18.0 Å². The molecule has 0 aliphatic carbocycles. The van der Waals surface area contributed by atoms with Gasteiger partial charge in [0.2, 0.25) is 0 Å². The van der Waals surface area contributed by atoms with Gasteiger partial charge in [0.15, 0.2) is 5.78 Å². The number of benzene rings is 1. The second-order valence-corrected chi connectivity index (χ2v) is 3.90. The molecule has 0 atom stereocenters. The quantitative estimate of drug-likeness (QED) is 0.815. The lowest BCUT2D eigenvalue weighted by Crippen LogP contribution is -2.09. The first-order valence-electron chi connectivity index (χ1n) is 4.29. The van der Waals surface area contributed by atoms with Crippen LogP contribution in [0, 0.1) is 6.92 Å². The summed E-state index contributed by atoms with van der Waals surface area (Å²) in [6.07, 6.45) is 0.246. The first kappa shape index (κ1) is 11.2. The first-order chi connectivity index (χ1) is 6.57. The maximum absolute atomic E-state index is 11.6. The van der Waals surface area contributed by atoms with E-state index in [9.17, 15) is 9.90 Å². The maximum Gasteiger partial charge on any atom is 0.169 e. The predicted octanol–water partition coefficient (Wildman–Crippen LogP) is 1.99. The van der Waals surface area contributed by atoms with Gasteiger partial charge in [-0.05, 0) is 41.0 Å². The largest absolute Gasteiger partial charge is 0.507 e. The molecule has 0 heterocycles. The van der Waals surface area contributed by atoms with E-state index in [2.05, 4.69) is 15.9 Å². The number of nitrogens with two attached hydrogens (primary N) is 1. The highest BCUT2D eigenvalue weighted by atomic mass is 79.9. The molecular formula is C10H12BrNO2. The second kappa shape index (κ2) is 4.57. The van der Waals surface area contributed by atoms with Gasteiger partial charge in [-0.15, -0.1) is 0 Å². The number of aryl methyl sites for hydroxylation is 1. The Balaban J connectivity index is 3.18. The molecule has 0 unspecified atom stereocenters. The molecule has 0 aromatic heterocycles. The Kier molecular flexibility index (Phi) is 3.66. The number of carbonyl (C=O) groups excluding carboxylic acids is 1. The zero-order chi connectivity index (χ0) is 10.7. The van der Waals surface area contributed by atoms with E-state index < -0.39 is 0 Å². The summed E-state index contributed by atoms with van der Waals surface area (Å²) in [5.41, 5.74) is 6.30. The van der Waals surface area contributed by atoms with Crippen LogP contribution in [0.3, 0.4) is 0 Å². The van der Waals surface area contributed by atoms with Gasteiger partial charge in [-0.25, -0.2) is 0 Å². The predicted molar refractivity (Wildman–Crippen MR) is 58.5 cm³/mol. The Morgan fingerprint density at radius 3 is 2.79 bits per heavy atom. The van der Waals surface area contributed by atoms with Crippen molar-refractivity contribution in [1.29, 1.82) is 0 Å². The van der Waals surface area contributed by atoms with Crippen LogP contribution < -0.4 is 5.73 Å². The Morgan fingerprint density at radius 1 is 1.57 bits per heavy atom. The van der Waals surface area contributed by atoms with Gasteiger partial charge in [-0.3, -0.25) is 4.79 Å². The van der Waals surface area contributed by atoms with Gasteiger partial charge in [-0.2, -0.15) is 0 Å². The van der Waals surface area contributed by atoms with Crippen LogP contribution in [0.4, 0.5) is 0 Å². The molecule has 76 valence electrons. The molecule has 0 saturated carbocycles. The van der Waals surface area contributed by atoms with E-state index in [1.165, 1.54) is 0 Å². The van der Waals surface area contributed by atoms with Crippen LogP contribution in [0.25, 0.3) is 0 Å². The summed E-state index contributed by atoms with van der Waals surface area (Å²) in [5.74, 6) is -0.0987. The first-order valence-corrected chi connectivity index (χ1v) is 5.08. The summed E-state index contributed by atoms with van der Waals surface area (Å²) in [6, 6.07) is 3.50. The van der Waals surface area contributed by atoms with Gasteiger partial charge >= 0.3 is 0 Å². The maximum atomic E-state index is 11.6. The van der Waals surface area contributed by atoms with Crippen molar-refractivity contribution in [3.05, 3.63) is 27.7 Å². The Hall–Kier alpha value is -0.870. The normalized spacial score (nSPS) is 10.2. The number of Topliss-reactive ketones (excluding diaryl/α,β-unsaturated/α-hetero) is 1. The van der Waals surface area contributed by atoms with Gasteiger partial charge in [-0.1, -0.05) is 6.07 Å². The van der Waals surface area contributed by atoms with Crippen molar-refractivity contribution >= 4 is 21.7 Å². The number of rotatable bonds is 3. The monoisotopic (exact) mass is 257 g/mol. The molecule has 3 N–H and O–H groups in total. The third kappa shape index (κ3) is 2.13. The van der Waals surface area contributed by atoms with Crippen LogP contribution in [-0.2, 0) is 0 Å². The molecule has 0 radical (unpaired) electrons. The summed E-state index contributed by atoms with van der Waals surface area (Å²) in [4.78, 5) is 11.6. The van der Waals surface area contributed by atoms with Gasteiger partial charge in [0.25, 0.3) is 0 Å². The van der Waals surface area contributed by atoms with Gasteiger partial charge < -0.3 is 10.8 Å². The van der Waals surface area contributed by atoms with E-state index in [4.69, 9.17) is 5.73 Å². The minimum absolute atomic E-state index is 0.0397. The second-order valence-electron chi connectivity index (χ2n) is 3.05. The summed E-state index contributed by atoms with van der Waals surface area (Å²) >= 11 is 3.23. The molecule has 0 aliphatic heterocycles. The lowest BCUT2D eigenvalue weighted by molar-refractivity contribution is 0.0982. The highest BCUT2D eigenvalue weighted by Gasteiger charge is 2.15. The van der Waals surface area contributed by atoms with E-state index in [1.807, 2.05) is 0 Å². The highest BCUT2D eigenvalue weighted by molar-refractivity contribution is 9.10. The number of ketones is 1. The molecule has 1 aromatic rings. The highest BCUT2D eigenvalue weighted by Crippen LogP contribution is 2.30. The van der Waals surface area contributed by atoms with E-state index >= 15 is 0 Å². The lowest BCUT2D eigenvalue weighted by atomic mass is 10.0. The summed E-state index contributed by atoms with van der Waals surface area (Å²) in [5, 5.41) is 9.68. The number of hydrogen-bond acceptors (Lipinski definition) is 3. The number of phenols is 1. The fraction of sp³-hybridized carbons (Fsp3) is 0.300. The minimum Gasteiger partial charge on any atom is -0.507 e. The van der Waals surface area contributed by atoms with Crippen molar-refractivity contribution in [2.75, 3.05) is 6.54 Å². The number of halogens is 1. The van der Waals surface area contributed by atoms with Crippen LogP contribution in [0.5, 0.6) is 5.75 Å². The third-order valence-corrected chi connectivity index (χ3v) is 2.64. The van der Waals surface area contributed by atoms with Crippen LogP contribution in [-0.4, -0.2) is 17.4 Å². The van der Waals surface area contributed by atoms with Crippen LogP contribution in [0.15, 0.2) is 16.6 Å². The smallest absolute Gasteiger partial charge is 0.169 e. The van der Waals surface area contributed by atoms with Crippen LogP contribution in [0.2, 0.25) is 0 Å². The van der Waals surface area contributed by atoms with Crippen molar-refractivity contribution in [3.63, 3.8) is 0 Å². The summed E-state index contributed by atoms with van der Waals surface area (Å²) < 4.78 is 0.610. The zero-order valence-electron chi connectivity index (χ0n) is 7.88. The number of carbonyl (C=O) groups is 1. The van der Waals surface area contributed by atoms with Crippen molar-refractivity contribution in [1.82, 2.24) is 0 Å². The Bertz CT molecular complexity index is 363. The number of aromatic hydroxyl groups is 1. The van der Waals surface area contributed by atoms with Crippen molar-refractivity contribution in [2.45, 2.75) is 13.3 Å². The lowest BCUT2D eigenvalue weighted by Gasteiger charge is -2.07. The molecule has 0 amide bonds. The average molecular weight is 258 g/mol. The molecule has 0 fully saturated rings. The molecule has 1 rings (SSSR count). The fourth-order valence-corrected chi connectivity index (χ4v) is 1.73. The van der Waals surface area contributed by atoms with Gasteiger partial charge in [0.05, 0.1) is 5.56 Å². The van der Waals surface area contributed by atoms with E-state index in [1.54, 1.807) is 19.1 Å². The molecule has 14 heavy (non-hydrogen) atoms. The fourth-order valence-electron chi connectivity index (χ4n) is 1.19. The molecule has 4 heteroatoms. The Morgan fingerprint density at radius 2 is 2.21 bits per heavy atom. The van der Waals surface area contributed by atoms with Crippen LogP contribution >= 0.6 is 15.9 Å². The van der Waals surface area contributed by atoms with Crippen molar-refractivity contribution in [2.24, 2.45) is 5.73 Å². The SMILES string of the molecule is Cc1ccc(Br)c(C(=O)CCN)c1O. The van der Waals surface area contributed by atoms with Crippen molar-refractivity contribution < 1.29 is 9.90 Å². The molecule has 3 nitrogen and oxygen atoms in total. The van der Waals surface area contributed by atoms with Gasteiger partial charge in [0, 0.05) is 10.9 Å². The third-order valence-electron chi connectivity index (χ3n) is 1.98.